The van der Waals surface area contributed by atoms with Crippen molar-refractivity contribution in [1.29, 1.82) is 0 Å². The number of rotatable bonds is 5. The molecular formula is C17H24N2. The van der Waals surface area contributed by atoms with Crippen molar-refractivity contribution in [2.75, 3.05) is 25.0 Å². The van der Waals surface area contributed by atoms with E-state index in [9.17, 15) is 0 Å². The minimum Gasteiger partial charge on any atom is -0.374 e. The zero-order chi connectivity index (χ0) is 13.1. The minimum atomic E-state index is 1.00. The van der Waals surface area contributed by atoms with Crippen molar-refractivity contribution in [2.45, 2.75) is 38.6 Å². The fourth-order valence-corrected chi connectivity index (χ4v) is 3.18. The van der Waals surface area contributed by atoms with Gasteiger partial charge >= 0.3 is 0 Å². The minimum absolute atomic E-state index is 1.00. The van der Waals surface area contributed by atoms with E-state index >= 15 is 0 Å². The van der Waals surface area contributed by atoms with Crippen LogP contribution in [0.15, 0.2) is 29.8 Å². The van der Waals surface area contributed by atoms with E-state index in [4.69, 9.17) is 0 Å². The highest BCUT2D eigenvalue weighted by molar-refractivity contribution is 5.58. The Bertz CT molecular complexity index is 476. The summed E-state index contributed by atoms with van der Waals surface area (Å²) in [5.74, 6) is 0. The molecule has 1 N–H and O–H groups in total. The number of nitrogens with one attached hydrogen (secondary N) is 1. The number of allylic oxidation sites excluding steroid dienone is 1. The summed E-state index contributed by atoms with van der Waals surface area (Å²) in [5.41, 5.74) is 6.01. The molecule has 0 aromatic heterocycles. The van der Waals surface area contributed by atoms with E-state index in [-0.39, 0.29) is 0 Å². The third-order valence-corrected chi connectivity index (χ3v) is 4.36. The van der Waals surface area contributed by atoms with Crippen molar-refractivity contribution >= 4 is 5.69 Å². The average Bonchev–Trinajstić information content (AvgIpc) is 3.05. The molecule has 0 bridgehead atoms. The Hall–Kier alpha value is -1.28. The van der Waals surface area contributed by atoms with Crippen LogP contribution in [-0.4, -0.2) is 20.1 Å². The second-order valence-corrected chi connectivity index (χ2v) is 5.82. The summed E-state index contributed by atoms with van der Waals surface area (Å²) in [4.78, 5) is 2.35. The zero-order valence-electron chi connectivity index (χ0n) is 11.9. The molecule has 2 heteroatoms. The van der Waals surface area contributed by atoms with Gasteiger partial charge in [0.1, 0.15) is 0 Å². The van der Waals surface area contributed by atoms with Crippen molar-refractivity contribution in [3.8, 4) is 0 Å². The number of nitrogens with zero attached hydrogens (tertiary/aromatic N) is 1. The van der Waals surface area contributed by atoms with Crippen LogP contribution in [0.5, 0.6) is 0 Å². The molecular weight excluding hydrogens is 232 g/mol. The van der Waals surface area contributed by atoms with E-state index < -0.39 is 0 Å². The predicted molar refractivity (Wildman–Crippen MR) is 81.7 cm³/mol. The quantitative estimate of drug-likeness (QED) is 0.642. The number of fused-ring (bicyclic) bond motifs is 1. The van der Waals surface area contributed by atoms with Gasteiger partial charge in [0.15, 0.2) is 0 Å². The first-order valence-electron chi connectivity index (χ1n) is 7.54. The Morgan fingerprint density at radius 2 is 2.21 bits per heavy atom. The number of hydrogen-bond acceptors (Lipinski definition) is 2. The molecule has 1 aliphatic heterocycles. The second kappa shape index (κ2) is 5.79. The lowest BCUT2D eigenvalue weighted by Gasteiger charge is -2.12. The first-order valence-corrected chi connectivity index (χ1v) is 7.54. The predicted octanol–water partition coefficient (Wildman–Crippen LogP) is 3.27. The van der Waals surface area contributed by atoms with Crippen LogP contribution in [0.2, 0.25) is 0 Å². The highest BCUT2D eigenvalue weighted by atomic mass is 15.1. The zero-order valence-corrected chi connectivity index (χ0v) is 11.9. The summed E-state index contributed by atoms with van der Waals surface area (Å²) < 4.78 is 0. The smallest absolute Gasteiger partial charge is 0.0397 e. The Kier molecular flexibility index (Phi) is 3.88. The molecule has 0 spiro atoms. The first-order chi connectivity index (χ1) is 9.33. The van der Waals surface area contributed by atoms with Gasteiger partial charge in [0.05, 0.1) is 0 Å². The monoisotopic (exact) mass is 256 g/mol. The van der Waals surface area contributed by atoms with Gasteiger partial charge in [0.2, 0.25) is 0 Å². The largest absolute Gasteiger partial charge is 0.374 e. The Labute approximate surface area is 116 Å². The molecule has 0 atom stereocenters. The van der Waals surface area contributed by atoms with Gasteiger partial charge in [0.25, 0.3) is 0 Å². The molecule has 2 nitrogen and oxygen atoms in total. The maximum atomic E-state index is 3.58. The summed E-state index contributed by atoms with van der Waals surface area (Å²) in [6.45, 7) is 3.29. The molecule has 1 aromatic rings. The lowest BCUT2D eigenvalue weighted by atomic mass is 10.1. The summed E-state index contributed by atoms with van der Waals surface area (Å²) >= 11 is 0. The maximum Gasteiger partial charge on any atom is 0.0397 e. The van der Waals surface area contributed by atoms with E-state index in [0.717, 1.165) is 13.1 Å². The van der Waals surface area contributed by atoms with E-state index in [0.29, 0.717) is 0 Å². The highest BCUT2D eigenvalue weighted by Gasteiger charge is 2.15. The fraction of sp³-hybridized carbons (Fsp3) is 0.529. The van der Waals surface area contributed by atoms with Crippen LogP contribution in [0.1, 0.15) is 36.8 Å². The summed E-state index contributed by atoms with van der Waals surface area (Å²) in [5, 5.41) is 3.58. The molecule has 0 unspecified atom stereocenters. The average molecular weight is 256 g/mol. The summed E-state index contributed by atoms with van der Waals surface area (Å²) in [7, 11) is 2.18. The highest BCUT2D eigenvalue weighted by Crippen LogP contribution is 2.27. The van der Waals surface area contributed by atoms with Crippen LogP contribution < -0.4 is 10.2 Å². The van der Waals surface area contributed by atoms with Gasteiger partial charge in [-0.25, -0.2) is 0 Å². The number of benzene rings is 1. The molecule has 0 saturated heterocycles. The van der Waals surface area contributed by atoms with Gasteiger partial charge in [-0.1, -0.05) is 23.8 Å². The molecule has 0 fully saturated rings. The Morgan fingerprint density at radius 3 is 3.05 bits per heavy atom. The van der Waals surface area contributed by atoms with Crippen LogP contribution in [0.25, 0.3) is 0 Å². The molecule has 2 aliphatic rings. The Morgan fingerprint density at radius 1 is 1.26 bits per heavy atom. The molecule has 102 valence electrons. The third-order valence-electron chi connectivity index (χ3n) is 4.36. The van der Waals surface area contributed by atoms with Crippen molar-refractivity contribution in [3.63, 3.8) is 0 Å². The molecule has 0 amide bonds. The Balaban J connectivity index is 1.48. The lowest BCUT2D eigenvalue weighted by molar-refractivity contribution is 0.675. The van der Waals surface area contributed by atoms with Crippen LogP contribution >= 0.6 is 0 Å². The molecule has 1 aliphatic carbocycles. The lowest BCUT2D eigenvalue weighted by Crippen LogP contribution is -2.15. The van der Waals surface area contributed by atoms with Gasteiger partial charge < -0.3 is 10.2 Å². The SMILES string of the molecule is CN1CCc2cc(CNCCC3=CCCC3)ccc21. The molecule has 19 heavy (non-hydrogen) atoms. The number of hydrogen-bond donors (Lipinski definition) is 1. The summed E-state index contributed by atoms with van der Waals surface area (Å²) in [6.07, 6.45) is 8.85. The molecule has 0 radical (unpaired) electrons. The number of likely N-dealkylation sites (N-methyl/N-ethyl adjacent to an activating group) is 1. The molecule has 1 heterocycles. The second-order valence-electron chi connectivity index (χ2n) is 5.82. The van der Waals surface area contributed by atoms with Crippen molar-refractivity contribution in [3.05, 3.63) is 41.0 Å². The molecule has 3 rings (SSSR count). The van der Waals surface area contributed by atoms with E-state index in [1.807, 2.05) is 0 Å². The van der Waals surface area contributed by atoms with Gasteiger partial charge in [-0.2, -0.15) is 0 Å². The van der Waals surface area contributed by atoms with E-state index in [1.54, 1.807) is 5.57 Å². The first kappa shape index (κ1) is 12.7. The standard InChI is InChI=1S/C17H24N2/c1-19-11-9-16-12-15(6-7-17(16)19)13-18-10-8-14-4-2-3-5-14/h4,6-7,12,18H,2-3,5,8-11,13H2,1H3. The normalized spacial score (nSPS) is 17.7. The summed E-state index contributed by atoms with van der Waals surface area (Å²) in [6, 6.07) is 6.92. The van der Waals surface area contributed by atoms with Gasteiger partial charge in [-0.05, 0) is 55.8 Å². The van der Waals surface area contributed by atoms with Gasteiger partial charge in [0, 0.05) is 25.8 Å². The fourth-order valence-electron chi connectivity index (χ4n) is 3.18. The molecule has 0 saturated carbocycles. The number of anilines is 1. The van der Waals surface area contributed by atoms with Gasteiger partial charge in [-0.15, -0.1) is 0 Å². The van der Waals surface area contributed by atoms with Gasteiger partial charge in [-0.3, -0.25) is 0 Å². The topological polar surface area (TPSA) is 15.3 Å². The van der Waals surface area contributed by atoms with Crippen LogP contribution in [0.4, 0.5) is 5.69 Å². The maximum absolute atomic E-state index is 3.58. The third kappa shape index (κ3) is 3.01. The van der Waals surface area contributed by atoms with Crippen molar-refractivity contribution < 1.29 is 0 Å². The van der Waals surface area contributed by atoms with Crippen LogP contribution in [0.3, 0.4) is 0 Å². The van der Waals surface area contributed by atoms with Crippen molar-refractivity contribution in [1.82, 2.24) is 5.32 Å². The van der Waals surface area contributed by atoms with Crippen LogP contribution in [0, 0.1) is 0 Å². The van der Waals surface area contributed by atoms with E-state index in [1.165, 1.54) is 55.5 Å². The molecule has 1 aromatic carbocycles. The van der Waals surface area contributed by atoms with Crippen LogP contribution in [-0.2, 0) is 13.0 Å². The van der Waals surface area contributed by atoms with E-state index in [2.05, 4.69) is 41.5 Å². The van der Waals surface area contributed by atoms with Crippen molar-refractivity contribution in [2.24, 2.45) is 0 Å².